The second kappa shape index (κ2) is 7.79. The van der Waals surface area contributed by atoms with Crippen LogP contribution in [-0.4, -0.2) is 17.5 Å². The highest BCUT2D eigenvalue weighted by molar-refractivity contribution is 5.91. The van der Waals surface area contributed by atoms with Gasteiger partial charge in [0.1, 0.15) is 5.69 Å². The Bertz CT molecular complexity index is 378. The quantitative estimate of drug-likeness (QED) is 0.439. The van der Waals surface area contributed by atoms with Gasteiger partial charge in [-0.25, -0.2) is 10.8 Å². The van der Waals surface area contributed by atoms with Crippen molar-refractivity contribution in [1.29, 1.82) is 0 Å². The lowest BCUT2D eigenvalue weighted by Gasteiger charge is -2.12. The number of carbonyl (C=O) groups excluding carboxylic acids is 1. The van der Waals surface area contributed by atoms with Crippen LogP contribution in [0.15, 0.2) is 18.2 Å². The Kier molecular flexibility index (Phi) is 6.32. The monoisotopic (exact) mass is 251 g/mol. The second-order valence-corrected chi connectivity index (χ2v) is 4.19. The molecule has 0 saturated carbocycles. The maximum atomic E-state index is 11.3. The molecule has 5 heteroatoms. The molecule has 0 aliphatic heterocycles. The molecule has 1 aromatic heterocycles. The van der Waals surface area contributed by atoms with Crippen molar-refractivity contribution in [3.63, 3.8) is 0 Å². The van der Waals surface area contributed by atoms with Crippen LogP contribution in [0.25, 0.3) is 0 Å². The maximum Gasteiger partial charge on any atom is 0.283 e. The average Bonchev–Trinajstić information content (AvgIpc) is 2.43. The van der Waals surface area contributed by atoms with E-state index in [0.29, 0.717) is 18.2 Å². The van der Waals surface area contributed by atoms with E-state index in [2.05, 4.69) is 24.3 Å². The second-order valence-electron chi connectivity index (χ2n) is 4.19. The van der Waals surface area contributed by atoms with Crippen molar-refractivity contribution < 1.29 is 9.53 Å². The van der Waals surface area contributed by atoms with Crippen molar-refractivity contribution >= 4 is 5.91 Å². The summed E-state index contributed by atoms with van der Waals surface area (Å²) in [5.74, 6) is 5.25. The Balaban J connectivity index is 2.50. The van der Waals surface area contributed by atoms with Crippen molar-refractivity contribution in [2.24, 2.45) is 11.8 Å². The Morgan fingerprint density at radius 1 is 1.44 bits per heavy atom. The Hall–Kier alpha value is -1.46. The Morgan fingerprint density at radius 2 is 2.17 bits per heavy atom. The number of pyridine rings is 1. The van der Waals surface area contributed by atoms with E-state index in [4.69, 9.17) is 10.6 Å². The molecule has 1 amide bonds. The van der Waals surface area contributed by atoms with Crippen LogP contribution in [0.1, 0.15) is 42.9 Å². The van der Waals surface area contributed by atoms with Gasteiger partial charge in [-0.3, -0.25) is 10.2 Å². The van der Waals surface area contributed by atoms with Crippen LogP contribution in [0, 0.1) is 5.92 Å². The van der Waals surface area contributed by atoms with Crippen molar-refractivity contribution in [1.82, 2.24) is 10.4 Å². The number of ether oxygens (including phenoxy) is 1. The van der Waals surface area contributed by atoms with Gasteiger partial charge >= 0.3 is 0 Å². The zero-order valence-electron chi connectivity index (χ0n) is 11.0. The fraction of sp³-hybridized carbons (Fsp3) is 0.538. The molecule has 0 aliphatic rings. The molecule has 1 aromatic rings. The molecule has 0 saturated heterocycles. The highest BCUT2D eigenvalue weighted by Gasteiger charge is 2.07. The lowest BCUT2D eigenvalue weighted by molar-refractivity contribution is 0.0818. The van der Waals surface area contributed by atoms with Crippen LogP contribution in [0.4, 0.5) is 0 Å². The molecule has 0 aliphatic carbocycles. The molecule has 3 N–H and O–H groups in total. The van der Waals surface area contributed by atoms with Gasteiger partial charge in [0.05, 0.1) is 12.3 Å². The normalized spacial score (nSPS) is 10.7. The number of aromatic nitrogens is 1. The number of rotatable bonds is 7. The predicted octanol–water partition coefficient (Wildman–Crippen LogP) is 1.64. The van der Waals surface area contributed by atoms with Gasteiger partial charge in [0.15, 0.2) is 0 Å². The smallest absolute Gasteiger partial charge is 0.283 e. The minimum absolute atomic E-state index is 0.307. The summed E-state index contributed by atoms with van der Waals surface area (Å²) >= 11 is 0. The summed E-state index contributed by atoms with van der Waals surface area (Å²) in [7, 11) is 0. The summed E-state index contributed by atoms with van der Waals surface area (Å²) < 4.78 is 5.61. The number of nitrogens with two attached hydrogens (primary N) is 1. The number of nitrogen functional groups attached to an aromatic ring is 1. The highest BCUT2D eigenvalue weighted by atomic mass is 16.5. The van der Waals surface area contributed by atoms with Gasteiger partial charge < -0.3 is 4.74 Å². The molecule has 0 fully saturated rings. The first-order valence-electron chi connectivity index (χ1n) is 6.25. The van der Waals surface area contributed by atoms with E-state index >= 15 is 0 Å². The minimum atomic E-state index is -0.392. The molecule has 0 spiro atoms. The fourth-order valence-corrected chi connectivity index (χ4v) is 1.61. The molecule has 1 rings (SSSR count). The molecule has 5 nitrogen and oxygen atoms in total. The molecule has 0 radical (unpaired) electrons. The Morgan fingerprint density at radius 3 is 2.78 bits per heavy atom. The lowest BCUT2D eigenvalue weighted by atomic mass is 10.1. The molecular formula is C13H21N3O2. The van der Waals surface area contributed by atoms with Crippen molar-refractivity contribution in [3.05, 3.63) is 29.6 Å². The Labute approximate surface area is 108 Å². The van der Waals surface area contributed by atoms with Crippen molar-refractivity contribution in [3.8, 4) is 0 Å². The summed E-state index contributed by atoms with van der Waals surface area (Å²) in [4.78, 5) is 15.5. The van der Waals surface area contributed by atoms with Crippen molar-refractivity contribution in [2.45, 2.75) is 33.3 Å². The molecular weight excluding hydrogens is 230 g/mol. The minimum Gasteiger partial charge on any atom is -0.375 e. The van der Waals surface area contributed by atoms with Gasteiger partial charge in [-0.15, -0.1) is 0 Å². The third-order valence-electron chi connectivity index (χ3n) is 2.93. The summed E-state index contributed by atoms with van der Waals surface area (Å²) in [5, 5.41) is 0. The van der Waals surface area contributed by atoms with E-state index in [0.717, 1.165) is 25.1 Å². The molecule has 18 heavy (non-hydrogen) atoms. The zero-order valence-corrected chi connectivity index (χ0v) is 11.0. The number of amides is 1. The van der Waals surface area contributed by atoms with Gasteiger partial charge in [-0.1, -0.05) is 32.8 Å². The van der Waals surface area contributed by atoms with Crippen molar-refractivity contribution in [2.75, 3.05) is 6.61 Å². The summed E-state index contributed by atoms with van der Waals surface area (Å²) in [6.45, 7) is 5.45. The number of hydrogen-bond acceptors (Lipinski definition) is 4. The zero-order chi connectivity index (χ0) is 13.4. The van der Waals surface area contributed by atoms with Gasteiger partial charge in [0.2, 0.25) is 0 Å². The number of hydrazine groups is 1. The summed E-state index contributed by atoms with van der Waals surface area (Å²) in [5.41, 5.74) is 3.10. The fourth-order valence-electron chi connectivity index (χ4n) is 1.61. The first kappa shape index (κ1) is 14.6. The third kappa shape index (κ3) is 4.43. The van der Waals surface area contributed by atoms with Crippen LogP contribution >= 0.6 is 0 Å². The van der Waals surface area contributed by atoms with Gasteiger partial charge in [-0.05, 0) is 18.1 Å². The molecule has 0 unspecified atom stereocenters. The van der Waals surface area contributed by atoms with E-state index in [1.165, 1.54) is 0 Å². The molecule has 1 heterocycles. The topological polar surface area (TPSA) is 77.2 Å². The first-order chi connectivity index (χ1) is 8.71. The number of nitrogens with zero attached hydrogens (tertiary/aromatic N) is 1. The van der Waals surface area contributed by atoms with Crippen LogP contribution in [0.3, 0.4) is 0 Å². The van der Waals surface area contributed by atoms with E-state index in [1.54, 1.807) is 12.1 Å². The summed E-state index contributed by atoms with van der Waals surface area (Å²) in [6, 6.07) is 5.22. The van der Waals surface area contributed by atoms with Crippen LogP contribution in [-0.2, 0) is 11.3 Å². The first-order valence-corrected chi connectivity index (χ1v) is 6.25. The van der Waals surface area contributed by atoms with Crippen LogP contribution in [0.2, 0.25) is 0 Å². The standard InChI is InChI=1S/C13H21N3O2/c1-3-10(4-2)8-18-9-11-6-5-7-12(15-11)13(17)16-14/h5-7,10H,3-4,8-9,14H2,1-2H3,(H,16,17). The van der Waals surface area contributed by atoms with Gasteiger partial charge in [0, 0.05) is 6.61 Å². The summed E-state index contributed by atoms with van der Waals surface area (Å²) in [6.07, 6.45) is 2.22. The molecule has 0 atom stereocenters. The SMILES string of the molecule is CCC(CC)COCc1cccc(C(=O)NN)n1. The molecule has 0 aromatic carbocycles. The van der Waals surface area contributed by atoms with Crippen LogP contribution in [0.5, 0.6) is 0 Å². The van der Waals surface area contributed by atoms with E-state index in [9.17, 15) is 4.79 Å². The lowest BCUT2D eigenvalue weighted by Crippen LogP contribution is -2.30. The number of hydrogen-bond donors (Lipinski definition) is 2. The predicted molar refractivity (Wildman–Crippen MR) is 69.6 cm³/mol. The van der Waals surface area contributed by atoms with E-state index < -0.39 is 5.91 Å². The van der Waals surface area contributed by atoms with Gasteiger partial charge in [0.25, 0.3) is 5.91 Å². The molecule has 0 bridgehead atoms. The maximum absolute atomic E-state index is 11.3. The van der Waals surface area contributed by atoms with E-state index in [1.807, 2.05) is 6.07 Å². The van der Waals surface area contributed by atoms with Gasteiger partial charge in [-0.2, -0.15) is 0 Å². The molecule has 100 valence electrons. The third-order valence-corrected chi connectivity index (χ3v) is 2.93. The number of nitrogens with one attached hydrogen (secondary N) is 1. The largest absolute Gasteiger partial charge is 0.375 e. The highest BCUT2D eigenvalue weighted by Crippen LogP contribution is 2.09. The van der Waals surface area contributed by atoms with E-state index in [-0.39, 0.29) is 0 Å². The van der Waals surface area contributed by atoms with Crippen LogP contribution < -0.4 is 11.3 Å². The number of carbonyl (C=O) groups is 1. The average molecular weight is 251 g/mol.